The highest BCUT2D eigenvalue weighted by molar-refractivity contribution is 6.93. The van der Waals surface area contributed by atoms with Gasteiger partial charge < -0.3 is 0 Å². The minimum atomic E-state index is -1.34. The standard InChI is InChI=1S/C11H15FSi/c1-9(13(2,3)4)10-5-7-11(12)8-6-10/h5-8H,1H2,2-4H3. The van der Waals surface area contributed by atoms with Crippen molar-refractivity contribution < 1.29 is 4.39 Å². The lowest BCUT2D eigenvalue weighted by Gasteiger charge is -2.19. The van der Waals surface area contributed by atoms with E-state index in [1.165, 1.54) is 17.3 Å². The second-order valence-electron chi connectivity index (χ2n) is 4.24. The number of benzene rings is 1. The van der Waals surface area contributed by atoms with Gasteiger partial charge in [0.1, 0.15) is 5.82 Å². The van der Waals surface area contributed by atoms with Crippen LogP contribution in [0.4, 0.5) is 4.39 Å². The van der Waals surface area contributed by atoms with Crippen LogP contribution in [0.3, 0.4) is 0 Å². The van der Waals surface area contributed by atoms with E-state index in [4.69, 9.17) is 0 Å². The molecule has 0 aromatic heterocycles. The van der Waals surface area contributed by atoms with Crippen LogP contribution in [0.5, 0.6) is 0 Å². The van der Waals surface area contributed by atoms with Crippen LogP contribution >= 0.6 is 0 Å². The molecule has 0 fully saturated rings. The summed E-state index contributed by atoms with van der Waals surface area (Å²) < 4.78 is 12.6. The Bertz CT molecular complexity index is 306. The fourth-order valence-corrected chi connectivity index (χ4v) is 2.12. The molecule has 0 amide bonds. The molecular weight excluding hydrogens is 179 g/mol. The van der Waals surface area contributed by atoms with E-state index in [1.807, 2.05) is 0 Å². The van der Waals surface area contributed by atoms with E-state index in [2.05, 4.69) is 26.2 Å². The molecule has 1 aromatic carbocycles. The van der Waals surface area contributed by atoms with Crippen LogP contribution < -0.4 is 0 Å². The summed E-state index contributed by atoms with van der Waals surface area (Å²) in [5.41, 5.74) is 1.07. The smallest absolute Gasteiger partial charge is 0.123 e. The fraction of sp³-hybridized carbons (Fsp3) is 0.273. The molecule has 13 heavy (non-hydrogen) atoms. The summed E-state index contributed by atoms with van der Waals surface area (Å²) in [6, 6.07) is 6.58. The van der Waals surface area contributed by atoms with Gasteiger partial charge in [-0.2, -0.15) is 0 Å². The Morgan fingerprint density at radius 3 is 2.00 bits per heavy atom. The molecule has 0 saturated carbocycles. The van der Waals surface area contributed by atoms with E-state index in [1.54, 1.807) is 12.1 Å². The van der Waals surface area contributed by atoms with Crippen LogP contribution in [-0.2, 0) is 0 Å². The second-order valence-corrected chi connectivity index (χ2v) is 9.34. The van der Waals surface area contributed by atoms with Gasteiger partial charge in [0.15, 0.2) is 0 Å². The lowest BCUT2D eigenvalue weighted by atomic mass is 10.2. The summed E-state index contributed by atoms with van der Waals surface area (Å²) in [6.07, 6.45) is 0. The summed E-state index contributed by atoms with van der Waals surface area (Å²) in [5, 5.41) is 1.17. The zero-order chi connectivity index (χ0) is 10.1. The molecule has 0 unspecified atom stereocenters. The zero-order valence-corrected chi connectivity index (χ0v) is 9.39. The molecule has 0 bridgehead atoms. The van der Waals surface area contributed by atoms with Gasteiger partial charge in [-0.3, -0.25) is 0 Å². The van der Waals surface area contributed by atoms with Crippen LogP contribution in [0.15, 0.2) is 30.8 Å². The summed E-state index contributed by atoms with van der Waals surface area (Å²) in [5.74, 6) is -0.188. The van der Waals surface area contributed by atoms with Crippen molar-refractivity contribution >= 4 is 13.3 Å². The van der Waals surface area contributed by atoms with E-state index >= 15 is 0 Å². The van der Waals surface area contributed by atoms with Gasteiger partial charge in [0.2, 0.25) is 0 Å². The first-order valence-corrected chi connectivity index (χ1v) is 7.86. The highest BCUT2D eigenvalue weighted by Crippen LogP contribution is 2.23. The number of halogens is 1. The van der Waals surface area contributed by atoms with Gasteiger partial charge in [-0.15, -0.1) is 0 Å². The van der Waals surface area contributed by atoms with Crippen LogP contribution in [-0.4, -0.2) is 8.07 Å². The Hall–Kier alpha value is -0.893. The van der Waals surface area contributed by atoms with E-state index in [0.29, 0.717) is 0 Å². The first-order chi connectivity index (χ1) is 5.91. The summed E-state index contributed by atoms with van der Waals surface area (Å²) >= 11 is 0. The quantitative estimate of drug-likeness (QED) is 0.629. The SMILES string of the molecule is C=C(c1ccc(F)cc1)[Si](C)(C)C. The van der Waals surface area contributed by atoms with Crippen molar-refractivity contribution in [2.75, 3.05) is 0 Å². The van der Waals surface area contributed by atoms with Gasteiger partial charge in [0.25, 0.3) is 0 Å². The first kappa shape index (κ1) is 10.2. The van der Waals surface area contributed by atoms with E-state index < -0.39 is 8.07 Å². The lowest BCUT2D eigenvalue weighted by molar-refractivity contribution is 0.627. The Morgan fingerprint density at radius 1 is 1.15 bits per heavy atom. The maximum atomic E-state index is 12.6. The normalized spacial score (nSPS) is 11.4. The number of rotatable bonds is 2. The fourth-order valence-electron chi connectivity index (χ4n) is 1.08. The minimum Gasteiger partial charge on any atom is -0.207 e. The van der Waals surface area contributed by atoms with Gasteiger partial charge >= 0.3 is 0 Å². The van der Waals surface area contributed by atoms with Crippen molar-refractivity contribution in [1.82, 2.24) is 0 Å². The summed E-state index contributed by atoms with van der Waals surface area (Å²) in [4.78, 5) is 0. The maximum absolute atomic E-state index is 12.6. The van der Waals surface area contributed by atoms with Gasteiger partial charge in [-0.25, -0.2) is 4.39 Å². The topological polar surface area (TPSA) is 0 Å². The van der Waals surface area contributed by atoms with Crippen molar-refractivity contribution in [2.24, 2.45) is 0 Å². The third-order valence-electron chi connectivity index (χ3n) is 2.10. The molecule has 0 aliphatic heterocycles. The first-order valence-electron chi connectivity index (χ1n) is 4.36. The van der Waals surface area contributed by atoms with Crippen LogP contribution in [0.25, 0.3) is 5.20 Å². The predicted octanol–water partition coefficient (Wildman–Crippen LogP) is 3.72. The average Bonchev–Trinajstić information content (AvgIpc) is 2.03. The number of hydrogen-bond acceptors (Lipinski definition) is 0. The van der Waals surface area contributed by atoms with Gasteiger partial charge in [0.05, 0.1) is 8.07 Å². The third kappa shape index (κ3) is 2.52. The lowest BCUT2D eigenvalue weighted by Crippen LogP contribution is -2.21. The van der Waals surface area contributed by atoms with Gasteiger partial charge in [-0.05, 0) is 17.7 Å². The van der Waals surface area contributed by atoms with Crippen molar-refractivity contribution in [3.8, 4) is 0 Å². The van der Waals surface area contributed by atoms with Crippen molar-refractivity contribution in [3.05, 3.63) is 42.2 Å². The van der Waals surface area contributed by atoms with Crippen molar-refractivity contribution in [3.63, 3.8) is 0 Å². The van der Waals surface area contributed by atoms with E-state index in [0.717, 1.165) is 5.56 Å². The molecule has 0 nitrogen and oxygen atoms in total. The Balaban J connectivity index is 2.97. The Morgan fingerprint density at radius 2 is 1.62 bits per heavy atom. The van der Waals surface area contributed by atoms with Gasteiger partial charge in [0, 0.05) is 0 Å². The summed E-state index contributed by atoms with van der Waals surface area (Å²) in [7, 11) is -1.34. The number of hydrogen-bond donors (Lipinski definition) is 0. The van der Waals surface area contributed by atoms with Crippen LogP contribution in [0, 0.1) is 5.82 Å². The minimum absolute atomic E-state index is 0.188. The molecule has 2 heteroatoms. The van der Waals surface area contributed by atoms with E-state index in [9.17, 15) is 4.39 Å². The van der Waals surface area contributed by atoms with Crippen LogP contribution in [0.1, 0.15) is 5.56 Å². The maximum Gasteiger partial charge on any atom is 0.123 e. The molecule has 0 aliphatic carbocycles. The molecule has 0 heterocycles. The van der Waals surface area contributed by atoms with Gasteiger partial charge in [-0.1, -0.05) is 43.5 Å². The highest BCUT2D eigenvalue weighted by atomic mass is 28.3. The van der Waals surface area contributed by atoms with Crippen molar-refractivity contribution in [2.45, 2.75) is 19.6 Å². The van der Waals surface area contributed by atoms with E-state index in [-0.39, 0.29) is 5.82 Å². The molecule has 1 rings (SSSR count). The Kier molecular flexibility index (Phi) is 2.71. The van der Waals surface area contributed by atoms with Crippen LogP contribution in [0.2, 0.25) is 19.6 Å². The predicted molar refractivity (Wildman–Crippen MR) is 58.8 cm³/mol. The zero-order valence-electron chi connectivity index (χ0n) is 8.39. The third-order valence-corrected chi connectivity index (χ3v) is 4.20. The monoisotopic (exact) mass is 194 g/mol. The molecular formula is C11H15FSi. The summed E-state index contributed by atoms with van der Waals surface area (Å²) in [6.45, 7) is 10.8. The molecule has 0 saturated heterocycles. The molecule has 70 valence electrons. The molecule has 0 atom stereocenters. The molecule has 0 aliphatic rings. The average molecular weight is 194 g/mol. The molecule has 0 N–H and O–H groups in total. The Labute approximate surface area is 80.1 Å². The largest absolute Gasteiger partial charge is 0.207 e. The van der Waals surface area contributed by atoms with Crippen molar-refractivity contribution in [1.29, 1.82) is 0 Å². The molecule has 0 spiro atoms. The molecule has 0 radical (unpaired) electrons. The molecule has 1 aromatic rings. The second kappa shape index (κ2) is 3.46. The highest BCUT2D eigenvalue weighted by Gasteiger charge is 2.18.